The number of halogens is 1. The molecule has 1 atom stereocenters. The number of hydrogen-bond donors (Lipinski definition) is 1. The molecular formula is C11H16ClN3O. The van der Waals surface area contributed by atoms with Gasteiger partial charge in [0, 0.05) is 12.1 Å². The zero-order valence-corrected chi connectivity index (χ0v) is 10.1. The molecule has 1 fully saturated rings. The highest BCUT2D eigenvalue weighted by atomic mass is 35.5. The summed E-state index contributed by atoms with van der Waals surface area (Å²) < 4.78 is 5.65. The molecule has 2 rings (SSSR count). The molecule has 0 aliphatic carbocycles. The van der Waals surface area contributed by atoms with Crippen LogP contribution in [0.5, 0.6) is 5.75 Å². The first kappa shape index (κ1) is 11.5. The maximum atomic E-state index is 5.73. The van der Waals surface area contributed by atoms with E-state index in [9.17, 15) is 0 Å². The standard InChI is InChI=1S/C11H16ClN3O/c1-15-4-2-3-8(15)7-16-9-5-10(13)11(12)14-6-9/h5-6,8H,2-4,7,13H2,1H3/t8-/m0/s1. The Kier molecular flexibility index (Phi) is 3.51. The lowest BCUT2D eigenvalue weighted by Gasteiger charge is -2.19. The number of nitrogens with zero attached hydrogens (tertiary/aromatic N) is 2. The Morgan fingerprint density at radius 2 is 2.50 bits per heavy atom. The van der Waals surface area contributed by atoms with E-state index in [-0.39, 0.29) is 0 Å². The van der Waals surface area contributed by atoms with E-state index in [1.807, 2.05) is 0 Å². The first-order valence-corrected chi connectivity index (χ1v) is 5.78. The average molecular weight is 242 g/mol. The van der Waals surface area contributed by atoms with E-state index in [0.717, 1.165) is 6.54 Å². The van der Waals surface area contributed by atoms with Gasteiger partial charge in [0.05, 0.1) is 11.9 Å². The topological polar surface area (TPSA) is 51.4 Å². The summed E-state index contributed by atoms with van der Waals surface area (Å²) in [6.45, 7) is 1.83. The summed E-state index contributed by atoms with van der Waals surface area (Å²) in [7, 11) is 2.12. The van der Waals surface area contributed by atoms with Crippen molar-refractivity contribution in [3.8, 4) is 5.75 Å². The van der Waals surface area contributed by atoms with Gasteiger partial charge >= 0.3 is 0 Å². The van der Waals surface area contributed by atoms with Gasteiger partial charge in [-0.3, -0.25) is 0 Å². The van der Waals surface area contributed by atoms with Crippen molar-refractivity contribution in [3.05, 3.63) is 17.4 Å². The highest BCUT2D eigenvalue weighted by Gasteiger charge is 2.21. The van der Waals surface area contributed by atoms with Crippen molar-refractivity contribution in [3.63, 3.8) is 0 Å². The third-order valence-corrected chi connectivity index (χ3v) is 3.27. The average Bonchev–Trinajstić information content (AvgIpc) is 2.66. The molecule has 0 spiro atoms. The van der Waals surface area contributed by atoms with Crippen LogP contribution in [-0.4, -0.2) is 36.1 Å². The fraction of sp³-hybridized carbons (Fsp3) is 0.545. The summed E-state index contributed by atoms with van der Waals surface area (Å²) >= 11 is 5.73. The van der Waals surface area contributed by atoms with Gasteiger partial charge in [0.15, 0.2) is 5.15 Å². The molecule has 0 amide bonds. The lowest BCUT2D eigenvalue weighted by molar-refractivity contribution is 0.198. The second-order valence-electron chi connectivity index (χ2n) is 4.14. The number of nitrogens with two attached hydrogens (primary N) is 1. The number of anilines is 1. The van der Waals surface area contributed by atoms with Gasteiger partial charge in [-0.2, -0.15) is 0 Å². The molecule has 4 nitrogen and oxygen atoms in total. The van der Waals surface area contributed by atoms with Gasteiger partial charge in [0.1, 0.15) is 12.4 Å². The smallest absolute Gasteiger partial charge is 0.152 e. The highest BCUT2D eigenvalue weighted by molar-refractivity contribution is 6.31. The molecule has 1 aliphatic heterocycles. The Morgan fingerprint density at radius 3 is 3.12 bits per heavy atom. The van der Waals surface area contributed by atoms with Gasteiger partial charge in [0.2, 0.25) is 0 Å². The molecule has 0 radical (unpaired) electrons. The molecule has 0 aromatic carbocycles. The molecule has 2 heterocycles. The number of rotatable bonds is 3. The van der Waals surface area contributed by atoms with Crippen molar-refractivity contribution in [2.75, 3.05) is 25.9 Å². The Balaban J connectivity index is 1.91. The first-order valence-electron chi connectivity index (χ1n) is 5.41. The number of likely N-dealkylation sites (N-methyl/N-ethyl adjacent to an activating group) is 1. The van der Waals surface area contributed by atoms with Crippen LogP contribution in [0.15, 0.2) is 12.3 Å². The third-order valence-electron chi connectivity index (χ3n) is 2.96. The first-order chi connectivity index (χ1) is 7.66. The second kappa shape index (κ2) is 4.89. The number of nitrogen functional groups attached to an aromatic ring is 1. The Morgan fingerprint density at radius 1 is 1.69 bits per heavy atom. The van der Waals surface area contributed by atoms with E-state index in [1.165, 1.54) is 12.8 Å². The number of aromatic nitrogens is 1. The van der Waals surface area contributed by atoms with Crippen molar-refractivity contribution in [2.24, 2.45) is 0 Å². The zero-order chi connectivity index (χ0) is 11.5. The van der Waals surface area contributed by atoms with E-state index in [4.69, 9.17) is 22.1 Å². The molecule has 1 aromatic rings. The van der Waals surface area contributed by atoms with E-state index < -0.39 is 0 Å². The minimum atomic E-state index is 0.324. The number of pyridine rings is 1. The quantitative estimate of drug-likeness (QED) is 0.820. The van der Waals surface area contributed by atoms with Gasteiger partial charge in [-0.15, -0.1) is 0 Å². The summed E-state index contributed by atoms with van der Waals surface area (Å²) in [6, 6.07) is 2.21. The van der Waals surface area contributed by atoms with Crippen molar-refractivity contribution in [1.82, 2.24) is 9.88 Å². The predicted octanol–water partition coefficient (Wildman–Crippen LogP) is 1.79. The maximum absolute atomic E-state index is 5.73. The fourth-order valence-corrected chi connectivity index (χ4v) is 2.01. The Hall–Kier alpha value is -1.00. The number of likely N-dealkylation sites (tertiary alicyclic amines) is 1. The van der Waals surface area contributed by atoms with E-state index in [1.54, 1.807) is 12.3 Å². The van der Waals surface area contributed by atoms with Crippen LogP contribution < -0.4 is 10.5 Å². The van der Waals surface area contributed by atoms with Crippen molar-refractivity contribution in [2.45, 2.75) is 18.9 Å². The third kappa shape index (κ3) is 2.57. The van der Waals surface area contributed by atoms with Gasteiger partial charge in [-0.05, 0) is 26.4 Å². The summed E-state index contributed by atoms with van der Waals surface area (Å²) in [5, 5.41) is 0.324. The number of ether oxygens (including phenoxy) is 1. The van der Waals surface area contributed by atoms with E-state index >= 15 is 0 Å². The molecule has 1 aliphatic rings. The minimum Gasteiger partial charge on any atom is -0.490 e. The van der Waals surface area contributed by atoms with Crippen molar-refractivity contribution < 1.29 is 4.74 Å². The molecule has 0 bridgehead atoms. The van der Waals surface area contributed by atoms with Crippen molar-refractivity contribution in [1.29, 1.82) is 0 Å². The van der Waals surface area contributed by atoms with Gasteiger partial charge in [-0.25, -0.2) is 4.98 Å². The molecule has 2 N–H and O–H groups in total. The molecule has 1 saturated heterocycles. The number of hydrogen-bond acceptors (Lipinski definition) is 4. The highest BCUT2D eigenvalue weighted by Crippen LogP contribution is 2.22. The summed E-state index contributed by atoms with van der Waals surface area (Å²) in [5.74, 6) is 0.683. The van der Waals surface area contributed by atoms with Crippen LogP contribution in [0.4, 0.5) is 5.69 Å². The predicted molar refractivity (Wildman–Crippen MR) is 64.8 cm³/mol. The fourth-order valence-electron chi connectivity index (χ4n) is 1.91. The van der Waals surface area contributed by atoms with Gasteiger partial charge < -0.3 is 15.4 Å². The normalized spacial score (nSPS) is 21.2. The second-order valence-corrected chi connectivity index (χ2v) is 4.50. The van der Waals surface area contributed by atoms with Crippen molar-refractivity contribution >= 4 is 17.3 Å². The molecule has 16 heavy (non-hydrogen) atoms. The van der Waals surface area contributed by atoms with E-state index in [2.05, 4.69) is 16.9 Å². The van der Waals surface area contributed by atoms with Crippen LogP contribution in [0.1, 0.15) is 12.8 Å². The van der Waals surface area contributed by atoms with Crippen LogP contribution in [0.3, 0.4) is 0 Å². The molecule has 0 unspecified atom stereocenters. The van der Waals surface area contributed by atoms with Crippen LogP contribution in [0.2, 0.25) is 5.15 Å². The van der Waals surface area contributed by atoms with Crippen LogP contribution in [-0.2, 0) is 0 Å². The maximum Gasteiger partial charge on any atom is 0.152 e. The zero-order valence-electron chi connectivity index (χ0n) is 9.32. The van der Waals surface area contributed by atoms with Gasteiger partial charge in [-0.1, -0.05) is 11.6 Å². The van der Waals surface area contributed by atoms with Gasteiger partial charge in [0.25, 0.3) is 0 Å². The molecular weight excluding hydrogens is 226 g/mol. The molecule has 1 aromatic heterocycles. The largest absolute Gasteiger partial charge is 0.490 e. The van der Waals surface area contributed by atoms with Crippen LogP contribution >= 0.6 is 11.6 Å². The summed E-state index contributed by atoms with van der Waals surface area (Å²) in [4.78, 5) is 6.26. The molecule has 5 heteroatoms. The lowest BCUT2D eigenvalue weighted by atomic mass is 10.2. The lowest BCUT2D eigenvalue weighted by Crippen LogP contribution is -2.30. The SMILES string of the molecule is CN1CCC[C@H]1COc1cnc(Cl)c(N)c1. The summed E-state index contributed by atoms with van der Waals surface area (Å²) in [6.07, 6.45) is 4.03. The van der Waals surface area contributed by atoms with Crippen LogP contribution in [0, 0.1) is 0 Å². The molecule has 0 saturated carbocycles. The Labute approximate surface area is 100 Å². The van der Waals surface area contributed by atoms with Crippen LogP contribution in [0.25, 0.3) is 0 Å². The Bertz CT molecular complexity index is 372. The molecule has 88 valence electrons. The summed E-state index contributed by atoms with van der Waals surface area (Å²) in [5.41, 5.74) is 6.10. The monoisotopic (exact) mass is 241 g/mol. The minimum absolute atomic E-state index is 0.324. The van der Waals surface area contributed by atoms with E-state index in [0.29, 0.717) is 29.2 Å².